The summed E-state index contributed by atoms with van der Waals surface area (Å²) in [5.41, 5.74) is 2.80. The summed E-state index contributed by atoms with van der Waals surface area (Å²) in [6.07, 6.45) is 1.64. The molecule has 5 nitrogen and oxygen atoms in total. The maximum atomic E-state index is 9.91. The van der Waals surface area contributed by atoms with Gasteiger partial charge in [0.05, 0.1) is 33.0 Å². The lowest BCUT2D eigenvalue weighted by Gasteiger charge is -2.15. The van der Waals surface area contributed by atoms with Crippen LogP contribution in [0.5, 0.6) is 5.75 Å². The Hall–Kier alpha value is -1.17. The first-order valence-corrected chi connectivity index (χ1v) is 6.34. The van der Waals surface area contributed by atoms with E-state index in [2.05, 4.69) is 4.98 Å². The van der Waals surface area contributed by atoms with Crippen LogP contribution in [-0.4, -0.2) is 50.2 Å². The molecule has 0 saturated heterocycles. The molecular formula is C14H23NO4. The van der Waals surface area contributed by atoms with Crippen LogP contribution >= 0.6 is 0 Å². The van der Waals surface area contributed by atoms with E-state index in [9.17, 15) is 5.11 Å². The van der Waals surface area contributed by atoms with Crippen molar-refractivity contribution in [1.29, 1.82) is 0 Å². The van der Waals surface area contributed by atoms with E-state index in [1.54, 1.807) is 20.4 Å². The van der Waals surface area contributed by atoms with Crippen molar-refractivity contribution in [2.24, 2.45) is 0 Å². The van der Waals surface area contributed by atoms with Gasteiger partial charge in [0.15, 0.2) is 0 Å². The van der Waals surface area contributed by atoms with Gasteiger partial charge in [0.2, 0.25) is 0 Å². The van der Waals surface area contributed by atoms with Crippen molar-refractivity contribution in [3.05, 3.63) is 23.0 Å². The van der Waals surface area contributed by atoms with Crippen molar-refractivity contribution in [2.45, 2.75) is 26.4 Å². The first kappa shape index (κ1) is 15.9. The van der Waals surface area contributed by atoms with Crippen molar-refractivity contribution in [1.82, 2.24) is 4.98 Å². The van der Waals surface area contributed by atoms with E-state index >= 15 is 0 Å². The maximum absolute atomic E-state index is 9.91. The highest BCUT2D eigenvalue weighted by Gasteiger charge is 2.13. The number of methoxy groups -OCH3 is 2. The molecule has 0 saturated carbocycles. The Kier molecular flexibility index (Phi) is 6.77. The minimum Gasteiger partial charge on any atom is -0.496 e. The van der Waals surface area contributed by atoms with Crippen molar-refractivity contribution >= 4 is 0 Å². The molecule has 0 aliphatic rings. The first-order chi connectivity index (χ1) is 9.10. The van der Waals surface area contributed by atoms with Crippen LogP contribution in [-0.2, 0) is 15.9 Å². The summed E-state index contributed by atoms with van der Waals surface area (Å²) in [6, 6.07) is 0. The Labute approximate surface area is 114 Å². The molecule has 0 aliphatic heterocycles. The number of aliphatic hydroxyl groups is 1. The quantitative estimate of drug-likeness (QED) is 0.720. The third kappa shape index (κ3) is 4.78. The summed E-state index contributed by atoms with van der Waals surface area (Å²) in [5.74, 6) is 0.831. The van der Waals surface area contributed by atoms with Gasteiger partial charge in [0.1, 0.15) is 5.75 Å². The number of hydrogen-bond donors (Lipinski definition) is 1. The number of nitrogens with zero attached hydrogens (tertiary/aromatic N) is 1. The van der Waals surface area contributed by atoms with Crippen LogP contribution in [0.1, 0.15) is 16.8 Å². The van der Waals surface area contributed by atoms with Gasteiger partial charge < -0.3 is 19.3 Å². The van der Waals surface area contributed by atoms with Gasteiger partial charge in [0.25, 0.3) is 0 Å². The normalized spacial score (nSPS) is 12.5. The van der Waals surface area contributed by atoms with Gasteiger partial charge >= 0.3 is 0 Å². The predicted molar refractivity (Wildman–Crippen MR) is 72.7 cm³/mol. The number of pyridine rings is 1. The highest BCUT2D eigenvalue weighted by atomic mass is 16.5. The molecule has 19 heavy (non-hydrogen) atoms. The number of ether oxygens (including phenoxy) is 3. The lowest BCUT2D eigenvalue weighted by atomic mass is 10.1. The van der Waals surface area contributed by atoms with Crippen molar-refractivity contribution < 1.29 is 19.3 Å². The Morgan fingerprint density at radius 3 is 2.63 bits per heavy atom. The highest BCUT2D eigenvalue weighted by Crippen LogP contribution is 2.24. The fourth-order valence-corrected chi connectivity index (χ4v) is 1.92. The fraction of sp³-hybridized carbons (Fsp3) is 0.643. The third-order valence-corrected chi connectivity index (χ3v) is 2.92. The summed E-state index contributed by atoms with van der Waals surface area (Å²) in [4.78, 5) is 4.35. The summed E-state index contributed by atoms with van der Waals surface area (Å²) >= 11 is 0. The fourth-order valence-electron chi connectivity index (χ4n) is 1.92. The van der Waals surface area contributed by atoms with Crippen molar-refractivity contribution in [3.8, 4) is 5.75 Å². The lowest BCUT2D eigenvalue weighted by Crippen LogP contribution is -2.21. The first-order valence-electron chi connectivity index (χ1n) is 6.34. The Morgan fingerprint density at radius 1 is 1.26 bits per heavy atom. The van der Waals surface area contributed by atoms with E-state index in [1.807, 2.05) is 13.8 Å². The monoisotopic (exact) mass is 269 g/mol. The zero-order valence-electron chi connectivity index (χ0n) is 12.1. The van der Waals surface area contributed by atoms with E-state index in [-0.39, 0.29) is 6.61 Å². The molecule has 1 aromatic rings. The van der Waals surface area contributed by atoms with E-state index < -0.39 is 6.10 Å². The average Bonchev–Trinajstić information content (AvgIpc) is 2.39. The SMILES string of the molecule is COCCOCC(O)Cc1ncc(C)c(OC)c1C. The third-order valence-electron chi connectivity index (χ3n) is 2.92. The standard InChI is InChI=1S/C14H23NO4/c1-10-8-15-13(11(2)14(10)18-4)7-12(16)9-19-6-5-17-3/h8,12,16H,5-7,9H2,1-4H3. The van der Waals surface area contributed by atoms with Crippen LogP contribution in [0.25, 0.3) is 0 Å². The van der Waals surface area contributed by atoms with E-state index in [0.717, 1.165) is 22.6 Å². The molecule has 1 unspecified atom stereocenters. The van der Waals surface area contributed by atoms with Crippen LogP contribution in [0.15, 0.2) is 6.20 Å². The lowest BCUT2D eigenvalue weighted by molar-refractivity contribution is 0.0133. The summed E-state index contributed by atoms with van der Waals surface area (Å²) in [7, 11) is 3.26. The molecule has 0 fully saturated rings. The van der Waals surface area contributed by atoms with Crippen LogP contribution < -0.4 is 4.74 Å². The molecule has 0 amide bonds. The van der Waals surface area contributed by atoms with Crippen molar-refractivity contribution in [3.63, 3.8) is 0 Å². The number of aryl methyl sites for hydroxylation is 1. The maximum Gasteiger partial charge on any atom is 0.128 e. The van der Waals surface area contributed by atoms with Crippen LogP contribution in [0.4, 0.5) is 0 Å². The van der Waals surface area contributed by atoms with Gasteiger partial charge in [-0.1, -0.05) is 0 Å². The summed E-state index contributed by atoms with van der Waals surface area (Å²) < 4.78 is 15.5. The van der Waals surface area contributed by atoms with Gasteiger partial charge in [-0.3, -0.25) is 4.98 Å². The average molecular weight is 269 g/mol. The van der Waals surface area contributed by atoms with Gasteiger partial charge in [-0.15, -0.1) is 0 Å². The van der Waals surface area contributed by atoms with Crippen LogP contribution in [0.2, 0.25) is 0 Å². The Balaban J connectivity index is 2.57. The molecule has 0 spiro atoms. The Bertz CT molecular complexity index is 395. The number of hydrogen-bond acceptors (Lipinski definition) is 5. The van der Waals surface area contributed by atoms with Crippen LogP contribution in [0.3, 0.4) is 0 Å². The minimum atomic E-state index is -0.574. The molecule has 1 N–H and O–H groups in total. The van der Waals surface area contributed by atoms with E-state index in [4.69, 9.17) is 14.2 Å². The zero-order valence-corrected chi connectivity index (χ0v) is 12.1. The molecule has 0 bridgehead atoms. The van der Waals surface area contributed by atoms with Crippen molar-refractivity contribution in [2.75, 3.05) is 34.0 Å². The van der Waals surface area contributed by atoms with Crippen LogP contribution in [0, 0.1) is 13.8 Å². The second-order valence-corrected chi connectivity index (χ2v) is 4.47. The molecule has 108 valence electrons. The molecule has 0 radical (unpaired) electrons. The molecule has 1 rings (SSSR count). The molecule has 1 heterocycles. The molecule has 5 heteroatoms. The number of aromatic nitrogens is 1. The second kappa shape index (κ2) is 8.09. The molecule has 0 aromatic carbocycles. The summed E-state index contributed by atoms with van der Waals surface area (Å²) in [5, 5.41) is 9.91. The van der Waals surface area contributed by atoms with Gasteiger partial charge in [-0.25, -0.2) is 0 Å². The second-order valence-electron chi connectivity index (χ2n) is 4.47. The smallest absolute Gasteiger partial charge is 0.128 e. The van der Waals surface area contributed by atoms with Gasteiger partial charge in [0, 0.05) is 36.5 Å². The zero-order chi connectivity index (χ0) is 14.3. The molecular weight excluding hydrogens is 246 g/mol. The Morgan fingerprint density at radius 2 is 2.00 bits per heavy atom. The topological polar surface area (TPSA) is 60.8 Å². The largest absolute Gasteiger partial charge is 0.496 e. The predicted octanol–water partition coefficient (Wildman–Crippen LogP) is 1.27. The molecule has 1 atom stereocenters. The van der Waals surface area contributed by atoms with E-state index in [1.165, 1.54) is 0 Å². The minimum absolute atomic E-state index is 0.278. The highest BCUT2D eigenvalue weighted by molar-refractivity contribution is 5.41. The molecule has 0 aliphatic carbocycles. The number of rotatable bonds is 8. The van der Waals surface area contributed by atoms with Gasteiger partial charge in [-0.05, 0) is 13.8 Å². The number of aliphatic hydroxyl groups excluding tert-OH is 1. The summed E-state index contributed by atoms with van der Waals surface area (Å²) in [6.45, 7) is 5.19. The van der Waals surface area contributed by atoms with E-state index in [0.29, 0.717) is 19.6 Å². The van der Waals surface area contributed by atoms with Gasteiger partial charge in [-0.2, -0.15) is 0 Å². The molecule has 1 aromatic heterocycles.